The fourth-order valence-corrected chi connectivity index (χ4v) is 7.11. The van der Waals surface area contributed by atoms with E-state index in [1.165, 1.54) is 148 Å². The maximum Gasteiger partial charge on any atom is 0.306 e. The summed E-state index contributed by atoms with van der Waals surface area (Å²) in [5, 5.41) is 0. The first-order valence-corrected chi connectivity index (χ1v) is 23.7. The fraction of sp³-hybridized carbons (Fsp3) is 0.938. The van der Waals surface area contributed by atoms with Gasteiger partial charge in [0.1, 0.15) is 13.2 Å². The van der Waals surface area contributed by atoms with Crippen LogP contribution < -0.4 is 0 Å². The van der Waals surface area contributed by atoms with Crippen molar-refractivity contribution in [1.82, 2.24) is 0 Å². The lowest BCUT2D eigenvalue weighted by Gasteiger charge is -2.18. The first-order valence-electron chi connectivity index (χ1n) is 23.7. The van der Waals surface area contributed by atoms with Gasteiger partial charge in [-0.1, -0.05) is 221 Å². The highest BCUT2D eigenvalue weighted by atomic mass is 16.6. The first kappa shape index (κ1) is 52.4. The average Bonchev–Trinajstić information content (AvgIpc) is 3.14. The molecule has 0 radical (unpaired) electrons. The lowest BCUT2D eigenvalue weighted by atomic mass is 10.0. The zero-order valence-corrected chi connectivity index (χ0v) is 36.8. The van der Waals surface area contributed by atoms with Gasteiger partial charge in [0.15, 0.2) is 6.10 Å². The van der Waals surface area contributed by atoms with Crippen LogP contribution in [0.4, 0.5) is 0 Å². The van der Waals surface area contributed by atoms with Crippen LogP contribution in [0.3, 0.4) is 0 Å². The van der Waals surface area contributed by atoms with Gasteiger partial charge in [-0.05, 0) is 31.1 Å². The Balaban J connectivity index is 4.29. The van der Waals surface area contributed by atoms with Crippen molar-refractivity contribution >= 4 is 17.9 Å². The summed E-state index contributed by atoms with van der Waals surface area (Å²) >= 11 is 0. The summed E-state index contributed by atoms with van der Waals surface area (Å²) in [4.78, 5) is 37.7. The summed E-state index contributed by atoms with van der Waals surface area (Å²) in [5.41, 5.74) is 0. The van der Waals surface area contributed by atoms with E-state index in [1.807, 2.05) is 0 Å². The number of hydrogen-bond acceptors (Lipinski definition) is 6. The monoisotopic (exact) mass is 765 g/mol. The predicted molar refractivity (Wildman–Crippen MR) is 229 cm³/mol. The van der Waals surface area contributed by atoms with E-state index in [9.17, 15) is 14.4 Å². The number of unbranched alkanes of at least 4 members (excludes halogenated alkanes) is 27. The number of esters is 3. The lowest BCUT2D eigenvalue weighted by Crippen LogP contribution is -2.30. The van der Waals surface area contributed by atoms with Crippen LogP contribution in [0.5, 0.6) is 0 Å². The minimum absolute atomic E-state index is 0.0653. The van der Waals surface area contributed by atoms with Gasteiger partial charge in [0.25, 0.3) is 0 Å². The van der Waals surface area contributed by atoms with E-state index >= 15 is 0 Å². The van der Waals surface area contributed by atoms with Crippen molar-refractivity contribution in [3.8, 4) is 0 Å². The average molecular weight is 765 g/mol. The summed E-state index contributed by atoms with van der Waals surface area (Å²) in [6.45, 7) is 11.3. The highest BCUT2D eigenvalue weighted by Gasteiger charge is 2.19. The predicted octanol–water partition coefficient (Wildman–Crippen LogP) is 15.0. The van der Waals surface area contributed by atoms with Crippen LogP contribution in [-0.2, 0) is 28.6 Å². The van der Waals surface area contributed by atoms with Gasteiger partial charge in [-0.2, -0.15) is 0 Å². The molecule has 6 heteroatoms. The van der Waals surface area contributed by atoms with Crippen molar-refractivity contribution in [1.29, 1.82) is 0 Å². The Labute approximate surface area is 336 Å². The van der Waals surface area contributed by atoms with Gasteiger partial charge < -0.3 is 14.2 Å². The van der Waals surface area contributed by atoms with E-state index in [1.54, 1.807) is 0 Å². The molecule has 0 rings (SSSR count). The van der Waals surface area contributed by atoms with Crippen LogP contribution in [0, 0.1) is 11.8 Å². The van der Waals surface area contributed by atoms with E-state index < -0.39 is 6.10 Å². The van der Waals surface area contributed by atoms with Crippen LogP contribution in [-0.4, -0.2) is 37.2 Å². The minimum Gasteiger partial charge on any atom is -0.462 e. The molecule has 0 aliphatic rings. The third-order valence-corrected chi connectivity index (χ3v) is 10.7. The van der Waals surface area contributed by atoms with Crippen molar-refractivity contribution < 1.29 is 28.6 Å². The van der Waals surface area contributed by atoms with Gasteiger partial charge in [-0.15, -0.1) is 0 Å². The van der Waals surface area contributed by atoms with Crippen LogP contribution in [0.15, 0.2) is 0 Å². The highest BCUT2D eigenvalue weighted by molar-refractivity contribution is 5.71. The van der Waals surface area contributed by atoms with Gasteiger partial charge in [-0.25, -0.2) is 0 Å². The number of carbonyl (C=O) groups excluding carboxylic acids is 3. The van der Waals surface area contributed by atoms with Gasteiger partial charge in [-0.3, -0.25) is 14.4 Å². The molecule has 0 spiro atoms. The molecule has 54 heavy (non-hydrogen) atoms. The van der Waals surface area contributed by atoms with Crippen LogP contribution in [0.2, 0.25) is 0 Å². The molecule has 0 amide bonds. The van der Waals surface area contributed by atoms with Crippen molar-refractivity contribution in [3.63, 3.8) is 0 Å². The van der Waals surface area contributed by atoms with Crippen LogP contribution in [0.1, 0.15) is 259 Å². The minimum atomic E-state index is -0.761. The van der Waals surface area contributed by atoms with Crippen LogP contribution in [0.25, 0.3) is 0 Å². The lowest BCUT2D eigenvalue weighted by molar-refractivity contribution is -0.167. The molecular weight excluding hydrogens is 673 g/mol. The summed E-state index contributed by atoms with van der Waals surface area (Å²) in [6, 6.07) is 0. The number of hydrogen-bond donors (Lipinski definition) is 0. The quantitative estimate of drug-likeness (QED) is 0.0350. The number of rotatable bonds is 42. The van der Waals surface area contributed by atoms with Crippen LogP contribution >= 0.6 is 0 Å². The fourth-order valence-electron chi connectivity index (χ4n) is 7.11. The molecule has 0 aromatic heterocycles. The molecule has 0 aromatic carbocycles. The third-order valence-electron chi connectivity index (χ3n) is 10.7. The SMILES string of the molecule is CCCCCCCCCCCCCCCCCC(=O)OC[C@H](COC(=O)CCCCCCCCCCC(C)C)OC(=O)CCCCCCCCCC(C)C. The molecule has 0 bridgehead atoms. The molecule has 0 heterocycles. The van der Waals surface area contributed by atoms with Crippen molar-refractivity contribution in [2.45, 2.75) is 265 Å². The molecule has 6 nitrogen and oxygen atoms in total. The van der Waals surface area contributed by atoms with Gasteiger partial charge in [0.05, 0.1) is 0 Å². The van der Waals surface area contributed by atoms with Gasteiger partial charge >= 0.3 is 17.9 Å². The molecule has 0 aromatic rings. The highest BCUT2D eigenvalue weighted by Crippen LogP contribution is 2.17. The normalized spacial score (nSPS) is 12.1. The smallest absolute Gasteiger partial charge is 0.306 e. The maximum absolute atomic E-state index is 12.7. The molecule has 320 valence electrons. The molecule has 0 unspecified atom stereocenters. The summed E-state index contributed by atoms with van der Waals surface area (Å²) in [5.74, 6) is 0.715. The first-order chi connectivity index (χ1) is 26.2. The maximum atomic E-state index is 12.7. The Morgan fingerprint density at radius 1 is 0.352 bits per heavy atom. The van der Waals surface area contributed by atoms with Gasteiger partial charge in [0.2, 0.25) is 0 Å². The second-order valence-corrected chi connectivity index (χ2v) is 17.3. The largest absolute Gasteiger partial charge is 0.462 e. The Morgan fingerprint density at radius 3 is 0.907 bits per heavy atom. The molecule has 0 aliphatic carbocycles. The zero-order valence-electron chi connectivity index (χ0n) is 36.8. The Morgan fingerprint density at radius 2 is 0.611 bits per heavy atom. The molecule has 0 aliphatic heterocycles. The molecule has 0 saturated heterocycles. The molecule has 0 N–H and O–H groups in total. The van der Waals surface area contributed by atoms with E-state index in [-0.39, 0.29) is 31.1 Å². The molecule has 1 atom stereocenters. The van der Waals surface area contributed by atoms with E-state index in [4.69, 9.17) is 14.2 Å². The summed E-state index contributed by atoms with van der Waals surface area (Å²) < 4.78 is 16.7. The topological polar surface area (TPSA) is 78.9 Å². The van der Waals surface area contributed by atoms with Crippen molar-refractivity contribution in [3.05, 3.63) is 0 Å². The van der Waals surface area contributed by atoms with Crippen molar-refractivity contribution in [2.75, 3.05) is 13.2 Å². The Hall–Kier alpha value is -1.59. The molecular formula is C48H92O6. The Kier molecular flexibility index (Phi) is 39.8. The van der Waals surface area contributed by atoms with Crippen molar-refractivity contribution in [2.24, 2.45) is 11.8 Å². The second kappa shape index (κ2) is 41.1. The summed E-state index contributed by atoms with van der Waals surface area (Å²) in [6.07, 6.45) is 39.6. The molecule has 0 saturated carbocycles. The van der Waals surface area contributed by atoms with Gasteiger partial charge in [0, 0.05) is 19.3 Å². The Bertz CT molecular complexity index is 824. The standard InChI is InChI=1S/C48H92O6/c1-6-7-8-9-10-11-12-13-14-15-16-17-23-28-33-38-46(49)52-41-45(54-48(51)40-35-30-25-20-22-27-32-37-44(4)5)42-53-47(50)39-34-29-24-19-18-21-26-31-36-43(2)3/h43-45H,6-42H2,1-5H3/t45-/m1/s1. The molecule has 0 fully saturated rings. The number of ether oxygens (including phenoxy) is 3. The third kappa shape index (κ3) is 41.6. The second-order valence-electron chi connectivity index (χ2n) is 17.3. The zero-order chi connectivity index (χ0) is 39.7. The van der Waals surface area contributed by atoms with E-state index in [0.717, 1.165) is 69.6 Å². The van der Waals surface area contributed by atoms with E-state index in [2.05, 4.69) is 34.6 Å². The van der Waals surface area contributed by atoms with E-state index in [0.29, 0.717) is 19.3 Å². The number of carbonyl (C=O) groups is 3. The summed E-state index contributed by atoms with van der Waals surface area (Å²) in [7, 11) is 0.